The standard InChI is InChI=1S/C18H23NO2/c1-20-18-5-4-16-10-15(2-3-17(16)11-18)12-19-8-6-14-7-9-21-13-14/h2-5,10-11,14,19H,6-9,12-13H2,1H3. The third-order valence-corrected chi connectivity index (χ3v) is 4.19. The van der Waals surface area contributed by atoms with E-state index >= 15 is 0 Å². The average Bonchev–Trinajstić information content (AvgIpc) is 3.04. The van der Waals surface area contributed by atoms with Gasteiger partial charge >= 0.3 is 0 Å². The highest BCUT2D eigenvalue weighted by molar-refractivity contribution is 5.84. The molecule has 0 saturated carbocycles. The van der Waals surface area contributed by atoms with Crippen LogP contribution in [0.2, 0.25) is 0 Å². The quantitative estimate of drug-likeness (QED) is 0.826. The zero-order valence-electron chi connectivity index (χ0n) is 12.6. The first-order valence-electron chi connectivity index (χ1n) is 7.70. The molecular formula is C18H23NO2. The molecule has 112 valence electrons. The zero-order chi connectivity index (χ0) is 14.5. The van der Waals surface area contributed by atoms with Gasteiger partial charge in [0.05, 0.1) is 7.11 Å². The molecule has 0 radical (unpaired) electrons. The lowest BCUT2D eigenvalue weighted by Crippen LogP contribution is -2.17. The normalized spacial score (nSPS) is 18.2. The van der Waals surface area contributed by atoms with Crippen molar-refractivity contribution < 1.29 is 9.47 Å². The summed E-state index contributed by atoms with van der Waals surface area (Å²) in [5, 5.41) is 6.02. The van der Waals surface area contributed by atoms with E-state index in [-0.39, 0.29) is 0 Å². The topological polar surface area (TPSA) is 30.5 Å². The molecule has 1 N–H and O–H groups in total. The van der Waals surface area contributed by atoms with Crippen molar-refractivity contribution >= 4 is 10.8 Å². The number of benzene rings is 2. The van der Waals surface area contributed by atoms with Crippen LogP contribution in [0.5, 0.6) is 5.75 Å². The van der Waals surface area contributed by atoms with E-state index in [1.165, 1.54) is 29.2 Å². The van der Waals surface area contributed by atoms with Gasteiger partial charge in [0.15, 0.2) is 0 Å². The maximum Gasteiger partial charge on any atom is 0.119 e. The van der Waals surface area contributed by atoms with Crippen LogP contribution >= 0.6 is 0 Å². The Bertz CT molecular complexity index is 591. The summed E-state index contributed by atoms with van der Waals surface area (Å²) < 4.78 is 10.7. The van der Waals surface area contributed by atoms with Crippen LogP contribution in [0, 0.1) is 5.92 Å². The first-order valence-corrected chi connectivity index (χ1v) is 7.70. The van der Waals surface area contributed by atoms with Gasteiger partial charge in [-0.05, 0) is 59.8 Å². The van der Waals surface area contributed by atoms with Gasteiger partial charge in [0.1, 0.15) is 5.75 Å². The Morgan fingerprint density at radius 3 is 2.86 bits per heavy atom. The minimum Gasteiger partial charge on any atom is -0.497 e. The summed E-state index contributed by atoms with van der Waals surface area (Å²) in [6, 6.07) is 12.8. The maximum atomic E-state index is 5.40. The van der Waals surface area contributed by atoms with Gasteiger partial charge in [-0.25, -0.2) is 0 Å². The van der Waals surface area contributed by atoms with Gasteiger partial charge in [-0.15, -0.1) is 0 Å². The van der Waals surface area contributed by atoms with Crippen LogP contribution in [0.3, 0.4) is 0 Å². The minimum atomic E-state index is 0.751. The fourth-order valence-electron chi connectivity index (χ4n) is 2.86. The van der Waals surface area contributed by atoms with Crippen LogP contribution in [0.4, 0.5) is 0 Å². The van der Waals surface area contributed by atoms with Gasteiger partial charge in [0, 0.05) is 19.8 Å². The second-order valence-corrected chi connectivity index (χ2v) is 5.74. The van der Waals surface area contributed by atoms with E-state index in [4.69, 9.17) is 9.47 Å². The van der Waals surface area contributed by atoms with E-state index in [0.29, 0.717) is 0 Å². The average molecular weight is 285 g/mol. The molecule has 0 amide bonds. The van der Waals surface area contributed by atoms with Crippen molar-refractivity contribution in [2.24, 2.45) is 5.92 Å². The second-order valence-electron chi connectivity index (χ2n) is 5.74. The molecule has 1 aliphatic heterocycles. The Labute approximate surface area is 126 Å². The summed E-state index contributed by atoms with van der Waals surface area (Å²) in [5.41, 5.74) is 1.33. The Morgan fingerprint density at radius 1 is 1.19 bits per heavy atom. The van der Waals surface area contributed by atoms with E-state index in [2.05, 4.69) is 35.6 Å². The predicted octanol–water partition coefficient (Wildman–Crippen LogP) is 3.36. The Hall–Kier alpha value is -1.58. The van der Waals surface area contributed by atoms with Crippen molar-refractivity contribution in [1.82, 2.24) is 5.32 Å². The monoisotopic (exact) mass is 285 g/mol. The third-order valence-electron chi connectivity index (χ3n) is 4.19. The van der Waals surface area contributed by atoms with Crippen LogP contribution < -0.4 is 10.1 Å². The Morgan fingerprint density at radius 2 is 2.05 bits per heavy atom. The molecule has 2 aromatic rings. The van der Waals surface area contributed by atoms with Crippen molar-refractivity contribution in [3.05, 3.63) is 42.0 Å². The molecule has 1 heterocycles. The maximum absolute atomic E-state index is 5.40. The van der Waals surface area contributed by atoms with E-state index < -0.39 is 0 Å². The molecule has 3 heteroatoms. The van der Waals surface area contributed by atoms with Crippen LogP contribution in [0.15, 0.2) is 36.4 Å². The number of ether oxygens (including phenoxy) is 2. The van der Waals surface area contributed by atoms with Gasteiger partial charge in [-0.3, -0.25) is 0 Å². The first kappa shape index (κ1) is 14.4. The molecule has 0 aromatic heterocycles. The van der Waals surface area contributed by atoms with Gasteiger partial charge in [-0.1, -0.05) is 18.2 Å². The zero-order valence-corrected chi connectivity index (χ0v) is 12.6. The first-order chi connectivity index (χ1) is 10.3. The van der Waals surface area contributed by atoms with Crippen molar-refractivity contribution in [2.45, 2.75) is 19.4 Å². The molecule has 21 heavy (non-hydrogen) atoms. The molecular weight excluding hydrogens is 262 g/mol. The van der Waals surface area contributed by atoms with E-state index in [1.807, 2.05) is 6.07 Å². The summed E-state index contributed by atoms with van der Waals surface area (Å²) in [6.45, 7) is 3.88. The molecule has 0 aliphatic carbocycles. The van der Waals surface area contributed by atoms with Crippen LogP contribution in [0.1, 0.15) is 18.4 Å². The summed E-state index contributed by atoms with van der Waals surface area (Å²) in [5.74, 6) is 1.66. The smallest absolute Gasteiger partial charge is 0.119 e. The van der Waals surface area contributed by atoms with Crippen molar-refractivity contribution in [3.63, 3.8) is 0 Å². The summed E-state index contributed by atoms with van der Waals surface area (Å²) in [7, 11) is 1.70. The fourth-order valence-corrected chi connectivity index (χ4v) is 2.86. The number of fused-ring (bicyclic) bond motifs is 1. The summed E-state index contributed by atoms with van der Waals surface area (Å²) in [4.78, 5) is 0. The molecule has 0 spiro atoms. The molecule has 1 aliphatic rings. The van der Waals surface area contributed by atoms with Crippen molar-refractivity contribution in [2.75, 3.05) is 26.9 Å². The summed E-state index contributed by atoms with van der Waals surface area (Å²) in [6.07, 6.45) is 2.43. The molecule has 1 saturated heterocycles. The molecule has 1 unspecified atom stereocenters. The second kappa shape index (κ2) is 6.92. The molecule has 1 fully saturated rings. The molecule has 2 aromatic carbocycles. The summed E-state index contributed by atoms with van der Waals surface area (Å²) >= 11 is 0. The Kier molecular flexibility index (Phi) is 4.73. The number of nitrogens with one attached hydrogen (secondary N) is 1. The van der Waals surface area contributed by atoms with E-state index in [9.17, 15) is 0 Å². The van der Waals surface area contributed by atoms with Crippen molar-refractivity contribution in [3.8, 4) is 5.75 Å². The largest absolute Gasteiger partial charge is 0.497 e. The predicted molar refractivity (Wildman–Crippen MR) is 85.7 cm³/mol. The number of hydrogen-bond donors (Lipinski definition) is 1. The van der Waals surface area contributed by atoms with Gasteiger partial charge in [-0.2, -0.15) is 0 Å². The van der Waals surface area contributed by atoms with Gasteiger partial charge in [0.25, 0.3) is 0 Å². The van der Waals surface area contributed by atoms with Gasteiger partial charge in [0.2, 0.25) is 0 Å². The number of methoxy groups -OCH3 is 1. The molecule has 1 atom stereocenters. The number of rotatable bonds is 6. The molecule has 3 rings (SSSR count). The highest BCUT2D eigenvalue weighted by Gasteiger charge is 2.14. The third kappa shape index (κ3) is 3.74. The minimum absolute atomic E-state index is 0.751. The van der Waals surface area contributed by atoms with Crippen LogP contribution in [-0.2, 0) is 11.3 Å². The van der Waals surface area contributed by atoms with Crippen LogP contribution in [-0.4, -0.2) is 26.9 Å². The highest BCUT2D eigenvalue weighted by atomic mass is 16.5. The SMILES string of the molecule is COc1ccc2cc(CNCCC3CCOC3)ccc2c1. The number of hydrogen-bond acceptors (Lipinski definition) is 3. The van der Waals surface area contributed by atoms with Gasteiger partial charge < -0.3 is 14.8 Å². The fraction of sp³-hybridized carbons (Fsp3) is 0.444. The Balaban J connectivity index is 1.54. The van der Waals surface area contributed by atoms with Crippen LogP contribution in [0.25, 0.3) is 10.8 Å². The molecule has 0 bridgehead atoms. The lowest BCUT2D eigenvalue weighted by atomic mass is 10.0. The van der Waals surface area contributed by atoms with Crippen molar-refractivity contribution in [1.29, 1.82) is 0 Å². The lowest BCUT2D eigenvalue weighted by Gasteiger charge is -2.09. The molecule has 3 nitrogen and oxygen atoms in total. The highest BCUT2D eigenvalue weighted by Crippen LogP contribution is 2.22. The van der Waals surface area contributed by atoms with E-state index in [1.54, 1.807) is 7.11 Å². The van der Waals surface area contributed by atoms with E-state index in [0.717, 1.165) is 38.0 Å². The lowest BCUT2D eigenvalue weighted by molar-refractivity contribution is 0.184.